The zero-order valence-electron chi connectivity index (χ0n) is 12.0. The second-order valence-corrected chi connectivity index (χ2v) is 6.76. The van der Waals surface area contributed by atoms with Crippen LogP contribution in [0.2, 0.25) is 0 Å². The molecule has 0 aliphatic carbocycles. The highest BCUT2D eigenvalue weighted by molar-refractivity contribution is 5.31. The molecule has 1 heteroatoms. The van der Waals surface area contributed by atoms with E-state index in [4.69, 9.17) is 0 Å². The first kappa shape index (κ1) is 14.2. The van der Waals surface area contributed by atoms with Crippen molar-refractivity contribution in [2.75, 3.05) is 0 Å². The van der Waals surface area contributed by atoms with Crippen LogP contribution < -0.4 is 0 Å². The van der Waals surface area contributed by atoms with Gasteiger partial charge in [-0.05, 0) is 35.3 Å². The second-order valence-electron chi connectivity index (χ2n) is 6.76. The number of benzene rings is 1. The summed E-state index contributed by atoms with van der Waals surface area (Å²) in [5.74, 6) is 0. The van der Waals surface area contributed by atoms with Crippen LogP contribution in [0.15, 0.2) is 24.3 Å². The highest BCUT2D eigenvalue weighted by Gasteiger charge is 2.23. The molecule has 1 nitrogen and oxygen atoms in total. The Morgan fingerprint density at radius 2 is 1.35 bits per heavy atom. The quantitative estimate of drug-likeness (QED) is 0.837. The first-order valence-electron chi connectivity index (χ1n) is 6.42. The molecule has 1 N–H and O–H groups in total. The summed E-state index contributed by atoms with van der Waals surface area (Å²) in [7, 11) is 0. The van der Waals surface area contributed by atoms with E-state index in [0.29, 0.717) is 0 Å². The Morgan fingerprint density at radius 1 is 0.941 bits per heavy atom. The minimum absolute atomic E-state index is 0.0323. The van der Waals surface area contributed by atoms with Gasteiger partial charge < -0.3 is 5.11 Å². The van der Waals surface area contributed by atoms with Crippen LogP contribution >= 0.6 is 0 Å². The zero-order valence-corrected chi connectivity index (χ0v) is 12.0. The summed E-state index contributed by atoms with van der Waals surface area (Å²) < 4.78 is 0. The molecule has 1 unspecified atom stereocenters. The Hall–Kier alpha value is -0.820. The van der Waals surface area contributed by atoms with Crippen LogP contribution in [0.5, 0.6) is 0 Å². The van der Waals surface area contributed by atoms with Crippen molar-refractivity contribution in [3.05, 3.63) is 35.4 Å². The Balaban J connectivity index is 2.94. The molecule has 0 saturated heterocycles. The SMILES string of the molecule is CC(O)CC(C)(C)c1ccc(C(C)(C)C)cc1. The summed E-state index contributed by atoms with van der Waals surface area (Å²) in [5, 5.41) is 9.53. The van der Waals surface area contributed by atoms with Gasteiger partial charge in [0.2, 0.25) is 0 Å². The van der Waals surface area contributed by atoms with Crippen molar-refractivity contribution >= 4 is 0 Å². The number of aliphatic hydroxyl groups excluding tert-OH is 1. The van der Waals surface area contributed by atoms with E-state index in [1.165, 1.54) is 11.1 Å². The van der Waals surface area contributed by atoms with Gasteiger partial charge >= 0.3 is 0 Å². The molecule has 96 valence electrons. The lowest BCUT2D eigenvalue weighted by Crippen LogP contribution is -2.23. The van der Waals surface area contributed by atoms with Gasteiger partial charge in [0.1, 0.15) is 0 Å². The van der Waals surface area contributed by atoms with Gasteiger partial charge in [-0.15, -0.1) is 0 Å². The molecule has 0 amide bonds. The summed E-state index contributed by atoms with van der Waals surface area (Å²) in [5.41, 5.74) is 2.89. The van der Waals surface area contributed by atoms with Crippen LogP contribution in [0.25, 0.3) is 0 Å². The molecule has 0 saturated carbocycles. The van der Waals surface area contributed by atoms with Crippen molar-refractivity contribution in [3.8, 4) is 0 Å². The van der Waals surface area contributed by atoms with Gasteiger partial charge in [0.05, 0.1) is 6.10 Å². The largest absolute Gasteiger partial charge is 0.393 e. The summed E-state index contributed by atoms with van der Waals surface area (Å²) in [6.07, 6.45) is 0.536. The molecule has 0 spiro atoms. The smallest absolute Gasteiger partial charge is 0.0520 e. The molecule has 1 aromatic rings. The monoisotopic (exact) mass is 234 g/mol. The summed E-state index contributed by atoms with van der Waals surface area (Å²) in [4.78, 5) is 0. The molecule has 0 aromatic heterocycles. The van der Waals surface area contributed by atoms with E-state index in [9.17, 15) is 5.11 Å². The molecule has 0 bridgehead atoms. The van der Waals surface area contributed by atoms with Gasteiger partial charge in [0, 0.05) is 0 Å². The maximum Gasteiger partial charge on any atom is 0.0520 e. The second kappa shape index (κ2) is 4.81. The molecular formula is C16H26O. The Labute approximate surface area is 106 Å². The van der Waals surface area contributed by atoms with Crippen LogP contribution in [-0.2, 0) is 10.8 Å². The summed E-state index contributed by atoms with van der Waals surface area (Å²) >= 11 is 0. The molecule has 0 aliphatic rings. The highest BCUT2D eigenvalue weighted by Crippen LogP contribution is 2.30. The van der Waals surface area contributed by atoms with Gasteiger partial charge in [-0.3, -0.25) is 0 Å². The minimum atomic E-state index is -0.257. The van der Waals surface area contributed by atoms with Crippen molar-refractivity contribution in [1.29, 1.82) is 0 Å². The van der Waals surface area contributed by atoms with Gasteiger partial charge in [0.15, 0.2) is 0 Å². The van der Waals surface area contributed by atoms with Crippen LogP contribution in [0.3, 0.4) is 0 Å². The van der Waals surface area contributed by atoms with Gasteiger partial charge in [-0.1, -0.05) is 58.9 Å². The van der Waals surface area contributed by atoms with Gasteiger partial charge in [-0.2, -0.15) is 0 Å². The molecule has 0 fully saturated rings. The van der Waals surface area contributed by atoms with Gasteiger partial charge in [0.25, 0.3) is 0 Å². The maximum atomic E-state index is 9.53. The molecule has 1 aromatic carbocycles. The highest BCUT2D eigenvalue weighted by atomic mass is 16.3. The van der Waals surface area contributed by atoms with Crippen molar-refractivity contribution in [3.63, 3.8) is 0 Å². The van der Waals surface area contributed by atoms with E-state index in [2.05, 4.69) is 58.9 Å². The van der Waals surface area contributed by atoms with Crippen LogP contribution in [0, 0.1) is 0 Å². The lowest BCUT2D eigenvalue weighted by Gasteiger charge is -2.28. The number of hydrogen-bond acceptors (Lipinski definition) is 1. The molecule has 0 heterocycles. The number of aliphatic hydroxyl groups is 1. The predicted octanol–water partition coefficient (Wildman–Crippen LogP) is 4.03. The molecule has 0 radical (unpaired) electrons. The fraction of sp³-hybridized carbons (Fsp3) is 0.625. The molecule has 17 heavy (non-hydrogen) atoms. The minimum Gasteiger partial charge on any atom is -0.393 e. The average molecular weight is 234 g/mol. The topological polar surface area (TPSA) is 20.2 Å². The molecule has 0 aliphatic heterocycles. The third-order valence-corrected chi connectivity index (χ3v) is 3.34. The van der Waals surface area contributed by atoms with Crippen molar-refractivity contribution in [1.82, 2.24) is 0 Å². The molecule has 1 rings (SSSR count). The van der Waals surface area contributed by atoms with Crippen molar-refractivity contribution < 1.29 is 5.11 Å². The fourth-order valence-electron chi connectivity index (χ4n) is 2.28. The number of rotatable bonds is 3. The Kier molecular flexibility index (Phi) is 4.03. The van der Waals surface area contributed by atoms with Gasteiger partial charge in [-0.25, -0.2) is 0 Å². The first-order valence-corrected chi connectivity index (χ1v) is 6.42. The van der Waals surface area contributed by atoms with E-state index in [0.717, 1.165) is 6.42 Å². The summed E-state index contributed by atoms with van der Waals surface area (Å²) in [6.45, 7) is 12.9. The van der Waals surface area contributed by atoms with Crippen LogP contribution in [0.4, 0.5) is 0 Å². The maximum absolute atomic E-state index is 9.53. The standard InChI is InChI=1S/C16H26O/c1-12(17)11-16(5,6)14-9-7-13(8-10-14)15(2,3)4/h7-10,12,17H,11H2,1-6H3. The third kappa shape index (κ3) is 3.85. The fourth-order valence-corrected chi connectivity index (χ4v) is 2.28. The van der Waals surface area contributed by atoms with Crippen molar-refractivity contribution in [2.24, 2.45) is 0 Å². The van der Waals surface area contributed by atoms with Crippen molar-refractivity contribution in [2.45, 2.75) is 64.9 Å². The van der Waals surface area contributed by atoms with E-state index in [1.54, 1.807) is 0 Å². The lowest BCUT2D eigenvalue weighted by molar-refractivity contribution is 0.157. The van der Waals surface area contributed by atoms with E-state index in [-0.39, 0.29) is 16.9 Å². The van der Waals surface area contributed by atoms with E-state index >= 15 is 0 Å². The Morgan fingerprint density at radius 3 is 1.71 bits per heavy atom. The normalized spacial score (nSPS) is 14.8. The zero-order chi connectivity index (χ0) is 13.3. The summed E-state index contributed by atoms with van der Waals surface area (Å²) in [6, 6.07) is 8.81. The molecule has 1 atom stereocenters. The number of hydrogen-bond donors (Lipinski definition) is 1. The third-order valence-electron chi connectivity index (χ3n) is 3.34. The Bertz CT molecular complexity index is 352. The van der Waals surface area contributed by atoms with Crippen LogP contribution in [-0.4, -0.2) is 11.2 Å². The van der Waals surface area contributed by atoms with E-state index < -0.39 is 0 Å². The van der Waals surface area contributed by atoms with Crippen LogP contribution in [0.1, 0.15) is 59.1 Å². The predicted molar refractivity (Wildman–Crippen MR) is 74.5 cm³/mol. The molecular weight excluding hydrogens is 208 g/mol. The first-order chi connectivity index (χ1) is 7.63. The average Bonchev–Trinajstić information content (AvgIpc) is 2.14. The lowest BCUT2D eigenvalue weighted by atomic mass is 9.78. The van der Waals surface area contributed by atoms with E-state index in [1.807, 2.05) is 6.92 Å².